The maximum absolute atomic E-state index is 10.3. The van der Waals surface area contributed by atoms with Gasteiger partial charge < -0.3 is 20.4 Å². The van der Waals surface area contributed by atoms with Crippen LogP contribution in [0.15, 0.2) is 37.0 Å². The summed E-state index contributed by atoms with van der Waals surface area (Å²) in [5, 5.41) is 32.7. The lowest BCUT2D eigenvalue weighted by Gasteiger charge is -2.04. The van der Waals surface area contributed by atoms with Gasteiger partial charge in [-0.3, -0.25) is 4.89 Å². The predicted octanol–water partition coefficient (Wildman–Crippen LogP) is 0.295. The van der Waals surface area contributed by atoms with E-state index in [1.807, 2.05) is 0 Å². The number of aliphatic hydroxyl groups is 2. The van der Waals surface area contributed by atoms with Crippen LogP contribution in [0.1, 0.15) is 13.8 Å². The molecule has 0 aromatic rings. The van der Waals surface area contributed by atoms with Crippen molar-refractivity contribution in [2.45, 2.75) is 20.0 Å². The lowest BCUT2D eigenvalue weighted by Crippen LogP contribution is -2.20. The van der Waals surface area contributed by atoms with Gasteiger partial charge in [0.2, 0.25) is 0 Å². The van der Waals surface area contributed by atoms with E-state index < -0.39 is 30.6 Å². The van der Waals surface area contributed by atoms with Crippen molar-refractivity contribution in [1.29, 1.82) is 0 Å². The Morgan fingerprint density at radius 3 is 1.65 bits per heavy atom. The van der Waals surface area contributed by atoms with E-state index in [-0.39, 0.29) is 17.8 Å². The van der Waals surface area contributed by atoms with Crippen molar-refractivity contribution in [2.24, 2.45) is 0 Å². The highest BCUT2D eigenvalue weighted by molar-refractivity contribution is 5.85. The number of carbonyl (C=O) groups is 3. The van der Waals surface area contributed by atoms with Gasteiger partial charge in [0.15, 0.2) is 0 Å². The van der Waals surface area contributed by atoms with Gasteiger partial charge in [0, 0.05) is 17.2 Å². The number of aliphatic carboxylic acids is 2. The molecule has 0 aromatic heterocycles. The molecule has 9 heteroatoms. The van der Waals surface area contributed by atoms with Crippen LogP contribution in [0.3, 0.4) is 0 Å². The molecule has 0 spiro atoms. The third-order valence-electron chi connectivity index (χ3n) is 1.51. The molecule has 0 fully saturated rings. The van der Waals surface area contributed by atoms with Crippen LogP contribution in [-0.2, 0) is 24.2 Å². The molecule has 1 unspecified atom stereocenters. The van der Waals surface area contributed by atoms with Crippen molar-refractivity contribution < 1.29 is 44.6 Å². The van der Waals surface area contributed by atoms with E-state index >= 15 is 0 Å². The number of carbonyl (C=O) groups excluding carboxylic acids is 1. The lowest BCUT2D eigenvalue weighted by atomic mass is 10.4. The molecule has 0 aliphatic rings. The summed E-state index contributed by atoms with van der Waals surface area (Å²) in [5.74, 6) is -2.61. The van der Waals surface area contributed by atoms with Crippen molar-refractivity contribution in [3.05, 3.63) is 37.0 Å². The van der Waals surface area contributed by atoms with E-state index in [9.17, 15) is 14.4 Å². The molecule has 0 radical (unpaired) electrons. The topological polar surface area (TPSA) is 151 Å². The second kappa shape index (κ2) is 15.9. The van der Waals surface area contributed by atoms with Crippen LogP contribution in [0.5, 0.6) is 0 Å². The third-order valence-corrected chi connectivity index (χ3v) is 1.51. The highest BCUT2D eigenvalue weighted by Crippen LogP contribution is 1.86. The molecule has 0 rings (SSSR count). The van der Waals surface area contributed by atoms with Gasteiger partial charge in [-0.25, -0.2) is 14.4 Å². The predicted molar refractivity (Wildman–Crippen MR) is 80.2 cm³/mol. The van der Waals surface area contributed by atoms with E-state index in [2.05, 4.69) is 29.5 Å². The SMILES string of the molecule is C=C(C)C(=O)O.C=C(C)C(=O)O.C=CC(=O)OOCC(O)CO. The van der Waals surface area contributed by atoms with Crippen LogP contribution < -0.4 is 0 Å². The van der Waals surface area contributed by atoms with Crippen LogP contribution in [0.2, 0.25) is 0 Å². The first-order valence-electron chi connectivity index (χ1n) is 6.01. The minimum atomic E-state index is -1.03. The Morgan fingerprint density at radius 2 is 1.43 bits per heavy atom. The molecular weight excluding hydrogens is 312 g/mol. The van der Waals surface area contributed by atoms with Crippen molar-refractivity contribution in [3.63, 3.8) is 0 Å². The first kappa shape index (κ1) is 25.5. The number of carboxylic acids is 2. The summed E-state index contributed by atoms with van der Waals surface area (Å²) in [5.41, 5.74) is 0.352. The molecule has 0 saturated heterocycles. The summed E-state index contributed by atoms with van der Waals surface area (Å²) in [6, 6.07) is 0. The van der Waals surface area contributed by atoms with Gasteiger partial charge >= 0.3 is 17.9 Å². The van der Waals surface area contributed by atoms with Crippen LogP contribution >= 0.6 is 0 Å². The normalized spacial score (nSPS) is 9.74. The highest BCUT2D eigenvalue weighted by atomic mass is 17.2. The number of rotatable bonds is 7. The average Bonchev–Trinajstić information content (AvgIpc) is 2.47. The van der Waals surface area contributed by atoms with E-state index in [1.54, 1.807) is 0 Å². The van der Waals surface area contributed by atoms with Gasteiger partial charge in [0.05, 0.1) is 6.61 Å². The molecule has 0 aromatic carbocycles. The molecule has 0 saturated carbocycles. The van der Waals surface area contributed by atoms with E-state index in [0.717, 1.165) is 6.08 Å². The first-order chi connectivity index (χ1) is 10.5. The van der Waals surface area contributed by atoms with E-state index in [0.29, 0.717) is 0 Å². The summed E-state index contributed by atoms with van der Waals surface area (Å²) >= 11 is 0. The Labute approximate surface area is 133 Å². The maximum Gasteiger partial charge on any atom is 0.365 e. The number of hydrogen-bond acceptors (Lipinski definition) is 7. The Hall–Kier alpha value is -2.49. The molecule has 0 aliphatic carbocycles. The second-order valence-corrected chi connectivity index (χ2v) is 3.90. The zero-order valence-corrected chi connectivity index (χ0v) is 13.0. The smallest absolute Gasteiger partial charge is 0.365 e. The Kier molecular flexibility index (Phi) is 17.6. The molecule has 132 valence electrons. The van der Waals surface area contributed by atoms with Crippen LogP contribution in [0.25, 0.3) is 0 Å². The summed E-state index contributed by atoms with van der Waals surface area (Å²) in [7, 11) is 0. The highest BCUT2D eigenvalue weighted by Gasteiger charge is 2.03. The van der Waals surface area contributed by atoms with Gasteiger partial charge in [0.1, 0.15) is 12.7 Å². The Balaban J connectivity index is -0.000000284. The van der Waals surface area contributed by atoms with Gasteiger partial charge in [-0.05, 0) is 13.8 Å². The number of hydrogen-bond donors (Lipinski definition) is 4. The molecular formula is C14H22O9. The fourth-order valence-electron chi connectivity index (χ4n) is 0.257. The quantitative estimate of drug-likeness (QED) is 0.292. The van der Waals surface area contributed by atoms with Gasteiger partial charge in [0.25, 0.3) is 0 Å². The standard InChI is InChI=1S/C6H10O5.2C4H6O2/c1-2-6(9)11-10-4-5(8)3-7;2*1-3(2)4(5)6/h2,5,7-8H,1,3-4H2;2*1H2,2H3,(H,5,6). The summed E-state index contributed by atoms with van der Waals surface area (Å²) < 4.78 is 0. The first-order valence-corrected chi connectivity index (χ1v) is 6.01. The van der Waals surface area contributed by atoms with Crippen molar-refractivity contribution in [3.8, 4) is 0 Å². The molecule has 1 atom stereocenters. The lowest BCUT2D eigenvalue weighted by molar-refractivity contribution is -0.278. The van der Waals surface area contributed by atoms with Crippen LogP contribution in [0, 0.1) is 0 Å². The van der Waals surface area contributed by atoms with Crippen LogP contribution in [-0.4, -0.2) is 57.7 Å². The van der Waals surface area contributed by atoms with E-state index in [1.165, 1.54) is 13.8 Å². The van der Waals surface area contributed by atoms with Crippen LogP contribution in [0.4, 0.5) is 0 Å². The summed E-state index contributed by atoms with van der Waals surface area (Å²) in [4.78, 5) is 37.7. The molecule has 23 heavy (non-hydrogen) atoms. The third kappa shape index (κ3) is 24.9. The molecule has 4 N–H and O–H groups in total. The fraction of sp³-hybridized carbons (Fsp3) is 0.357. The van der Waals surface area contributed by atoms with Gasteiger partial charge in [-0.15, -0.1) is 0 Å². The maximum atomic E-state index is 10.3. The molecule has 9 nitrogen and oxygen atoms in total. The van der Waals surface area contributed by atoms with Gasteiger partial charge in [-0.2, -0.15) is 4.89 Å². The van der Waals surface area contributed by atoms with Crippen molar-refractivity contribution >= 4 is 17.9 Å². The molecule has 0 heterocycles. The fourth-order valence-corrected chi connectivity index (χ4v) is 0.257. The summed E-state index contributed by atoms with van der Waals surface area (Å²) in [6.07, 6.45) is -0.113. The monoisotopic (exact) mass is 334 g/mol. The number of carboxylic acid groups (broad SMARTS) is 2. The second-order valence-electron chi connectivity index (χ2n) is 3.90. The van der Waals surface area contributed by atoms with Gasteiger partial charge in [-0.1, -0.05) is 19.7 Å². The average molecular weight is 334 g/mol. The molecule has 0 bridgehead atoms. The van der Waals surface area contributed by atoms with Crippen molar-refractivity contribution in [2.75, 3.05) is 13.2 Å². The van der Waals surface area contributed by atoms with E-state index in [4.69, 9.17) is 20.4 Å². The number of aliphatic hydroxyl groups excluding tert-OH is 2. The zero-order chi connectivity index (χ0) is 19.0. The van der Waals surface area contributed by atoms with Crippen molar-refractivity contribution in [1.82, 2.24) is 0 Å². The largest absolute Gasteiger partial charge is 0.478 e. The molecule has 0 aliphatic heterocycles. The molecule has 0 amide bonds. The Morgan fingerprint density at radius 1 is 1.09 bits per heavy atom. The summed E-state index contributed by atoms with van der Waals surface area (Å²) in [6.45, 7) is 11.6. The zero-order valence-electron chi connectivity index (χ0n) is 13.0. The Bertz CT molecular complexity index is 378. The minimum absolute atomic E-state index is 0.176. The minimum Gasteiger partial charge on any atom is -0.478 e.